The van der Waals surface area contributed by atoms with Gasteiger partial charge in [0.2, 0.25) is 0 Å². The van der Waals surface area contributed by atoms with Gasteiger partial charge in [-0.3, -0.25) is 0 Å². The van der Waals surface area contributed by atoms with Crippen LogP contribution in [0.2, 0.25) is 0 Å². The summed E-state index contributed by atoms with van der Waals surface area (Å²) in [6, 6.07) is 7.41. The first-order chi connectivity index (χ1) is 9.24. The lowest BCUT2D eigenvalue weighted by molar-refractivity contribution is 0.193. The molecule has 0 aliphatic carbocycles. The van der Waals surface area contributed by atoms with Crippen LogP contribution in [0.15, 0.2) is 28.7 Å². The summed E-state index contributed by atoms with van der Waals surface area (Å²) in [6.07, 6.45) is 0.803. The van der Waals surface area contributed by atoms with Gasteiger partial charge in [0.05, 0.1) is 11.0 Å². The van der Waals surface area contributed by atoms with Crippen LogP contribution >= 0.6 is 15.9 Å². The summed E-state index contributed by atoms with van der Waals surface area (Å²) in [4.78, 5) is 11.4. The van der Waals surface area contributed by atoms with Gasteiger partial charge in [0, 0.05) is 20.3 Å². The Labute approximate surface area is 121 Å². The van der Waals surface area contributed by atoms with E-state index in [1.54, 1.807) is 7.11 Å². The van der Waals surface area contributed by atoms with E-state index in [0.29, 0.717) is 26.3 Å². The highest BCUT2D eigenvalue weighted by Crippen LogP contribution is 2.23. The third-order valence-electron chi connectivity index (χ3n) is 2.29. The van der Waals surface area contributed by atoms with E-state index in [4.69, 9.17) is 9.47 Å². The van der Waals surface area contributed by atoms with E-state index < -0.39 is 0 Å². The number of para-hydroxylation sites is 1. The van der Waals surface area contributed by atoms with Gasteiger partial charge in [-0.15, -0.1) is 0 Å². The zero-order valence-electron chi connectivity index (χ0n) is 10.9. The second kappa shape index (κ2) is 9.63. The third kappa shape index (κ3) is 7.03. The Morgan fingerprint density at radius 2 is 1.95 bits per heavy atom. The minimum atomic E-state index is -0.188. The van der Waals surface area contributed by atoms with Crippen molar-refractivity contribution in [1.82, 2.24) is 10.6 Å². The first-order valence-electron chi connectivity index (χ1n) is 6.12. The Morgan fingerprint density at radius 3 is 2.68 bits per heavy atom. The van der Waals surface area contributed by atoms with Crippen molar-refractivity contribution in [1.29, 1.82) is 0 Å². The van der Waals surface area contributed by atoms with Crippen LogP contribution in [0, 0.1) is 0 Å². The maximum absolute atomic E-state index is 11.4. The van der Waals surface area contributed by atoms with Crippen molar-refractivity contribution in [2.75, 3.05) is 33.4 Å². The number of benzene rings is 1. The number of hydrogen-bond donors (Lipinski definition) is 2. The Morgan fingerprint density at radius 1 is 1.21 bits per heavy atom. The summed E-state index contributed by atoms with van der Waals surface area (Å²) < 4.78 is 11.3. The van der Waals surface area contributed by atoms with Gasteiger partial charge in [0.15, 0.2) is 0 Å². The van der Waals surface area contributed by atoms with Crippen LogP contribution in [-0.4, -0.2) is 39.4 Å². The predicted octanol–water partition coefficient (Wildman–Crippen LogP) is 2.16. The number of carbonyl (C=O) groups is 1. The normalized spacial score (nSPS) is 10.0. The van der Waals surface area contributed by atoms with Gasteiger partial charge in [-0.05, 0) is 34.5 Å². The van der Waals surface area contributed by atoms with Gasteiger partial charge in [-0.1, -0.05) is 12.1 Å². The van der Waals surface area contributed by atoms with Crippen molar-refractivity contribution in [3.63, 3.8) is 0 Å². The molecular weight excluding hydrogens is 312 g/mol. The molecule has 2 N–H and O–H groups in total. The number of hydrogen-bond acceptors (Lipinski definition) is 3. The van der Waals surface area contributed by atoms with Crippen LogP contribution in [0.4, 0.5) is 4.79 Å². The smallest absolute Gasteiger partial charge is 0.314 e. The van der Waals surface area contributed by atoms with E-state index in [1.165, 1.54) is 0 Å². The van der Waals surface area contributed by atoms with Gasteiger partial charge in [-0.2, -0.15) is 0 Å². The van der Waals surface area contributed by atoms with E-state index in [9.17, 15) is 4.79 Å². The monoisotopic (exact) mass is 330 g/mol. The minimum absolute atomic E-state index is 0.188. The molecule has 0 aliphatic rings. The summed E-state index contributed by atoms with van der Waals surface area (Å²) in [6.45, 7) is 2.13. The minimum Gasteiger partial charge on any atom is -0.491 e. The lowest BCUT2D eigenvalue weighted by Crippen LogP contribution is -2.38. The van der Waals surface area contributed by atoms with E-state index in [0.717, 1.165) is 16.6 Å². The number of rotatable bonds is 8. The standard InChI is InChI=1S/C13H19BrN2O3/c1-18-9-4-7-15-13(17)16-8-10-19-12-6-3-2-5-11(12)14/h2-3,5-6H,4,7-10H2,1H3,(H2,15,16,17). The summed E-state index contributed by atoms with van der Waals surface area (Å²) >= 11 is 3.39. The lowest BCUT2D eigenvalue weighted by atomic mass is 10.3. The summed E-state index contributed by atoms with van der Waals surface area (Å²) in [5, 5.41) is 5.45. The molecule has 0 bridgehead atoms. The van der Waals surface area contributed by atoms with Crippen molar-refractivity contribution < 1.29 is 14.3 Å². The Balaban J connectivity index is 2.07. The van der Waals surface area contributed by atoms with Crippen LogP contribution in [0.5, 0.6) is 5.75 Å². The molecule has 6 heteroatoms. The largest absolute Gasteiger partial charge is 0.491 e. The number of amides is 2. The van der Waals surface area contributed by atoms with Gasteiger partial charge < -0.3 is 20.1 Å². The highest BCUT2D eigenvalue weighted by Gasteiger charge is 2.01. The number of nitrogens with one attached hydrogen (secondary N) is 2. The van der Waals surface area contributed by atoms with Crippen LogP contribution < -0.4 is 15.4 Å². The maximum atomic E-state index is 11.4. The van der Waals surface area contributed by atoms with Crippen molar-refractivity contribution in [2.45, 2.75) is 6.42 Å². The fraction of sp³-hybridized carbons (Fsp3) is 0.462. The van der Waals surface area contributed by atoms with Crippen LogP contribution in [0.3, 0.4) is 0 Å². The second-order valence-corrected chi connectivity index (χ2v) is 4.66. The Bertz CT molecular complexity index is 388. The molecule has 0 spiro atoms. The number of halogens is 1. The molecule has 1 aromatic carbocycles. The summed E-state index contributed by atoms with van der Waals surface area (Å²) in [7, 11) is 1.64. The fourth-order valence-corrected chi connectivity index (χ4v) is 1.77. The number of carbonyl (C=O) groups excluding carboxylic acids is 1. The molecule has 106 valence electrons. The molecule has 2 amide bonds. The molecule has 0 radical (unpaired) electrons. The number of ether oxygens (including phenoxy) is 2. The molecule has 0 fully saturated rings. The quantitative estimate of drug-likeness (QED) is 0.718. The van der Waals surface area contributed by atoms with E-state index in [-0.39, 0.29) is 6.03 Å². The average Bonchev–Trinajstić information content (AvgIpc) is 2.41. The molecule has 0 unspecified atom stereocenters. The first-order valence-corrected chi connectivity index (χ1v) is 6.91. The zero-order chi connectivity index (χ0) is 13.9. The molecule has 0 saturated carbocycles. The molecule has 0 atom stereocenters. The van der Waals surface area contributed by atoms with Crippen LogP contribution in [0.1, 0.15) is 6.42 Å². The zero-order valence-corrected chi connectivity index (χ0v) is 12.5. The molecular formula is C13H19BrN2O3. The van der Waals surface area contributed by atoms with Gasteiger partial charge >= 0.3 is 6.03 Å². The fourth-order valence-electron chi connectivity index (χ4n) is 1.37. The summed E-state index contributed by atoms with van der Waals surface area (Å²) in [5.41, 5.74) is 0. The third-order valence-corrected chi connectivity index (χ3v) is 2.95. The molecule has 0 saturated heterocycles. The van der Waals surface area contributed by atoms with E-state index in [2.05, 4.69) is 26.6 Å². The van der Waals surface area contributed by atoms with Crippen LogP contribution in [-0.2, 0) is 4.74 Å². The molecule has 5 nitrogen and oxygen atoms in total. The highest BCUT2D eigenvalue weighted by atomic mass is 79.9. The van der Waals surface area contributed by atoms with Gasteiger partial charge in [-0.25, -0.2) is 4.79 Å². The number of methoxy groups -OCH3 is 1. The Kier molecular flexibility index (Phi) is 8.00. The average molecular weight is 331 g/mol. The molecule has 1 aromatic rings. The first kappa shape index (κ1) is 15.8. The molecule has 0 aliphatic heterocycles. The van der Waals surface area contributed by atoms with Crippen molar-refractivity contribution in [2.24, 2.45) is 0 Å². The maximum Gasteiger partial charge on any atom is 0.314 e. The lowest BCUT2D eigenvalue weighted by Gasteiger charge is -2.09. The van der Waals surface area contributed by atoms with Crippen molar-refractivity contribution in [3.8, 4) is 5.75 Å². The molecule has 0 heterocycles. The van der Waals surface area contributed by atoms with Crippen molar-refractivity contribution >= 4 is 22.0 Å². The molecule has 19 heavy (non-hydrogen) atoms. The summed E-state index contributed by atoms with van der Waals surface area (Å²) in [5.74, 6) is 0.768. The second-order valence-electron chi connectivity index (χ2n) is 3.81. The molecule has 0 aromatic heterocycles. The van der Waals surface area contributed by atoms with Gasteiger partial charge in [0.25, 0.3) is 0 Å². The predicted molar refractivity (Wildman–Crippen MR) is 77.5 cm³/mol. The van der Waals surface area contributed by atoms with Crippen molar-refractivity contribution in [3.05, 3.63) is 28.7 Å². The van der Waals surface area contributed by atoms with Gasteiger partial charge in [0.1, 0.15) is 12.4 Å². The highest BCUT2D eigenvalue weighted by molar-refractivity contribution is 9.10. The van der Waals surface area contributed by atoms with E-state index >= 15 is 0 Å². The molecule has 1 rings (SSSR count). The number of urea groups is 1. The Hall–Kier alpha value is -1.27. The topological polar surface area (TPSA) is 59.6 Å². The van der Waals surface area contributed by atoms with E-state index in [1.807, 2.05) is 24.3 Å². The van der Waals surface area contributed by atoms with Crippen LogP contribution in [0.25, 0.3) is 0 Å². The SMILES string of the molecule is COCCCNC(=O)NCCOc1ccccc1Br.